The van der Waals surface area contributed by atoms with Gasteiger partial charge in [0.1, 0.15) is 5.75 Å². The summed E-state index contributed by atoms with van der Waals surface area (Å²) in [6, 6.07) is 11.7. The quantitative estimate of drug-likeness (QED) is 0.771. The van der Waals surface area contributed by atoms with Crippen molar-refractivity contribution in [3.63, 3.8) is 0 Å². The van der Waals surface area contributed by atoms with E-state index in [1.54, 1.807) is 7.11 Å². The number of nitrogens with one attached hydrogen (secondary N) is 1. The molecule has 2 aromatic rings. The first-order valence-electron chi connectivity index (χ1n) is 6.31. The van der Waals surface area contributed by atoms with Crippen LogP contribution in [-0.4, -0.2) is 7.11 Å². The van der Waals surface area contributed by atoms with Gasteiger partial charge in [-0.15, -0.1) is 0 Å². The molecule has 5 heteroatoms. The predicted octanol–water partition coefficient (Wildman–Crippen LogP) is 5.01. The third-order valence-corrected chi connectivity index (χ3v) is 4.46. The monoisotopic (exact) mass is 408 g/mol. The standard InChI is InChI=1S/C16H14Br2N2O/c1-10-5-11(8-19)3-4-12(10)9-20-15-7-16(21-2)14(18)6-13(15)17/h3-7,20H,9H2,1-2H3. The lowest BCUT2D eigenvalue weighted by molar-refractivity contribution is 0.412. The van der Waals surface area contributed by atoms with Gasteiger partial charge < -0.3 is 10.1 Å². The molecule has 0 bridgehead atoms. The Morgan fingerprint density at radius 1 is 1.19 bits per heavy atom. The van der Waals surface area contributed by atoms with Gasteiger partial charge in [0.25, 0.3) is 0 Å². The van der Waals surface area contributed by atoms with Crippen LogP contribution in [0.1, 0.15) is 16.7 Å². The molecule has 0 heterocycles. The van der Waals surface area contributed by atoms with E-state index in [2.05, 4.69) is 43.2 Å². The maximum absolute atomic E-state index is 8.89. The Morgan fingerprint density at radius 3 is 2.57 bits per heavy atom. The number of nitrogens with zero attached hydrogens (tertiary/aromatic N) is 1. The van der Waals surface area contributed by atoms with Crippen molar-refractivity contribution < 1.29 is 4.74 Å². The van der Waals surface area contributed by atoms with Crippen LogP contribution in [0.3, 0.4) is 0 Å². The summed E-state index contributed by atoms with van der Waals surface area (Å²) >= 11 is 6.99. The molecule has 0 saturated heterocycles. The summed E-state index contributed by atoms with van der Waals surface area (Å²) in [5.74, 6) is 0.775. The average molecular weight is 410 g/mol. The third-order valence-electron chi connectivity index (χ3n) is 3.18. The fraction of sp³-hybridized carbons (Fsp3) is 0.188. The highest BCUT2D eigenvalue weighted by atomic mass is 79.9. The first-order valence-corrected chi connectivity index (χ1v) is 7.90. The Hall–Kier alpha value is -1.51. The maximum Gasteiger partial charge on any atom is 0.135 e. The Kier molecular flexibility index (Phi) is 5.27. The van der Waals surface area contributed by atoms with Crippen molar-refractivity contribution in [1.29, 1.82) is 5.26 Å². The predicted molar refractivity (Wildman–Crippen MR) is 91.6 cm³/mol. The Labute approximate surface area is 141 Å². The van der Waals surface area contributed by atoms with Gasteiger partial charge in [-0.3, -0.25) is 0 Å². The lowest BCUT2D eigenvalue weighted by Gasteiger charge is -2.13. The molecule has 0 unspecified atom stereocenters. The number of rotatable bonds is 4. The zero-order valence-electron chi connectivity index (χ0n) is 11.7. The van der Waals surface area contributed by atoms with Gasteiger partial charge in [0.15, 0.2) is 0 Å². The van der Waals surface area contributed by atoms with Crippen molar-refractivity contribution in [2.45, 2.75) is 13.5 Å². The average Bonchev–Trinajstić information content (AvgIpc) is 2.47. The number of hydrogen-bond donors (Lipinski definition) is 1. The van der Waals surface area contributed by atoms with Crippen molar-refractivity contribution in [2.24, 2.45) is 0 Å². The molecular weight excluding hydrogens is 396 g/mol. The van der Waals surface area contributed by atoms with Crippen LogP contribution >= 0.6 is 31.9 Å². The van der Waals surface area contributed by atoms with Gasteiger partial charge in [-0.05, 0) is 68.1 Å². The van der Waals surface area contributed by atoms with E-state index in [4.69, 9.17) is 10.00 Å². The molecule has 0 radical (unpaired) electrons. The van der Waals surface area contributed by atoms with E-state index in [0.29, 0.717) is 12.1 Å². The van der Waals surface area contributed by atoms with Crippen LogP contribution in [0.4, 0.5) is 5.69 Å². The second-order valence-corrected chi connectivity index (χ2v) is 6.28. The minimum atomic E-state index is 0.681. The van der Waals surface area contributed by atoms with Gasteiger partial charge in [-0.1, -0.05) is 6.07 Å². The van der Waals surface area contributed by atoms with E-state index in [0.717, 1.165) is 31.5 Å². The highest BCUT2D eigenvalue weighted by Gasteiger charge is 2.08. The molecule has 0 amide bonds. The van der Waals surface area contributed by atoms with Crippen molar-refractivity contribution in [3.8, 4) is 11.8 Å². The topological polar surface area (TPSA) is 45.0 Å². The number of aryl methyl sites for hydroxylation is 1. The molecule has 0 aromatic heterocycles. The summed E-state index contributed by atoms with van der Waals surface area (Å²) in [4.78, 5) is 0. The molecule has 21 heavy (non-hydrogen) atoms. The van der Waals surface area contributed by atoms with E-state index in [-0.39, 0.29) is 0 Å². The van der Waals surface area contributed by atoms with Gasteiger partial charge in [-0.2, -0.15) is 5.26 Å². The number of anilines is 1. The molecule has 0 saturated carbocycles. The fourth-order valence-corrected chi connectivity index (χ4v) is 3.27. The molecule has 3 nitrogen and oxygen atoms in total. The van der Waals surface area contributed by atoms with Crippen LogP contribution in [0.25, 0.3) is 0 Å². The molecule has 0 spiro atoms. The van der Waals surface area contributed by atoms with Crippen LogP contribution in [0.5, 0.6) is 5.75 Å². The number of methoxy groups -OCH3 is 1. The van der Waals surface area contributed by atoms with Gasteiger partial charge >= 0.3 is 0 Å². The van der Waals surface area contributed by atoms with E-state index in [1.165, 1.54) is 0 Å². The zero-order valence-corrected chi connectivity index (χ0v) is 14.9. The van der Waals surface area contributed by atoms with Gasteiger partial charge in [0, 0.05) is 17.1 Å². The van der Waals surface area contributed by atoms with Crippen molar-refractivity contribution in [1.82, 2.24) is 0 Å². The van der Waals surface area contributed by atoms with E-state index < -0.39 is 0 Å². The largest absolute Gasteiger partial charge is 0.495 e. The van der Waals surface area contributed by atoms with Crippen molar-refractivity contribution >= 4 is 37.5 Å². The number of ether oxygens (including phenoxy) is 1. The Bertz CT molecular complexity index is 708. The summed E-state index contributed by atoms with van der Waals surface area (Å²) in [7, 11) is 1.64. The maximum atomic E-state index is 8.89. The smallest absolute Gasteiger partial charge is 0.135 e. The second-order valence-electron chi connectivity index (χ2n) is 4.57. The molecule has 2 rings (SSSR count). The van der Waals surface area contributed by atoms with Gasteiger partial charge in [0.05, 0.1) is 28.9 Å². The molecule has 0 aliphatic carbocycles. The summed E-state index contributed by atoms with van der Waals surface area (Å²) in [5.41, 5.74) is 3.89. The fourth-order valence-electron chi connectivity index (χ4n) is 1.98. The van der Waals surface area contributed by atoms with Crippen LogP contribution in [-0.2, 0) is 6.54 Å². The van der Waals surface area contributed by atoms with Crippen molar-refractivity contribution in [2.75, 3.05) is 12.4 Å². The van der Waals surface area contributed by atoms with Crippen LogP contribution in [0, 0.1) is 18.3 Å². The first kappa shape index (κ1) is 15.9. The summed E-state index contributed by atoms with van der Waals surface area (Å²) < 4.78 is 7.16. The molecule has 2 aromatic carbocycles. The summed E-state index contributed by atoms with van der Waals surface area (Å²) in [6.07, 6.45) is 0. The normalized spacial score (nSPS) is 10.0. The van der Waals surface area contributed by atoms with E-state index >= 15 is 0 Å². The number of benzene rings is 2. The molecule has 0 aliphatic heterocycles. The van der Waals surface area contributed by atoms with Crippen LogP contribution in [0.15, 0.2) is 39.3 Å². The Balaban J connectivity index is 2.19. The van der Waals surface area contributed by atoms with Crippen LogP contribution < -0.4 is 10.1 Å². The van der Waals surface area contributed by atoms with Crippen LogP contribution in [0.2, 0.25) is 0 Å². The lowest BCUT2D eigenvalue weighted by atomic mass is 10.1. The number of hydrogen-bond acceptors (Lipinski definition) is 3. The SMILES string of the molecule is COc1cc(NCc2ccc(C#N)cc2C)c(Br)cc1Br. The van der Waals surface area contributed by atoms with Gasteiger partial charge in [0.2, 0.25) is 0 Å². The molecule has 0 atom stereocenters. The lowest BCUT2D eigenvalue weighted by Crippen LogP contribution is -2.02. The minimum Gasteiger partial charge on any atom is -0.495 e. The van der Waals surface area contributed by atoms with E-state index in [1.807, 2.05) is 37.3 Å². The minimum absolute atomic E-state index is 0.681. The van der Waals surface area contributed by atoms with Crippen molar-refractivity contribution in [3.05, 3.63) is 56.0 Å². The Morgan fingerprint density at radius 2 is 1.95 bits per heavy atom. The summed E-state index contributed by atoms with van der Waals surface area (Å²) in [5, 5.41) is 12.3. The number of nitriles is 1. The van der Waals surface area contributed by atoms with Gasteiger partial charge in [-0.25, -0.2) is 0 Å². The zero-order chi connectivity index (χ0) is 15.4. The highest BCUT2D eigenvalue weighted by molar-refractivity contribution is 9.11. The molecule has 108 valence electrons. The highest BCUT2D eigenvalue weighted by Crippen LogP contribution is 2.34. The molecule has 0 aliphatic rings. The molecular formula is C16H14Br2N2O. The molecule has 1 N–H and O–H groups in total. The third kappa shape index (κ3) is 3.78. The first-order chi connectivity index (χ1) is 10.0. The van der Waals surface area contributed by atoms with E-state index in [9.17, 15) is 0 Å². The summed E-state index contributed by atoms with van der Waals surface area (Å²) in [6.45, 7) is 2.69. The second kappa shape index (κ2) is 6.97. The molecule has 0 fully saturated rings. The number of halogens is 2.